The summed E-state index contributed by atoms with van der Waals surface area (Å²) in [6.07, 6.45) is -23.4. The number of hydrogen-bond donors (Lipinski definition) is 11. The highest BCUT2D eigenvalue weighted by atomic mass is 16.8. The Morgan fingerprint density at radius 3 is 1.82 bits per heavy atom. The van der Waals surface area contributed by atoms with Crippen LogP contribution in [0, 0.1) is 46.3 Å². The van der Waals surface area contributed by atoms with Crippen molar-refractivity contribution < 1.29 is 104 Å². The van der Waals surface area contributed by atoms with E-state index in [1.807, 2.05) is 0 Å². The first-order valence-corrected chi connectivity index (χ1v) is 26.7. The number of ether oxygens (including phenoxy) is 10. The second kappa shape index (κ2) is 20.3. The van der Waals surface area contributed by atoms with E-state index in [2.05, 4.69) is 33.8 Å². The van der Waals surface area contributed by atoms with Crippen molar-refractivity contribution in [1.82, 2.24) is 0 Å². The minimum atomic E-state index is -1.88. The molecule has 21 nitrogen and oxygen atoms in total. The third kappa shape index (κ3) is 9.00. The molecule has 0 radical (unpaired) electrons. The maximum absolute atomic E-state index is 12.3. The zero-order valence-corrected chi connectivity index (χ0v) is 42.4. The summed E-state index contributed by atoms with van der Waals surface area (Å²) >= 11 is 0. The molecule has 0 aromatic carbocycles. The molecule has 1 spiro atoms. The highest BCUT2D eigenvalue weighted by Crippen LogP contribution is 2.71. The first-order valence-electron chi connectivity index (χ1n) is 26.7. The van der Waals surface area contributed by atoms with Gasteiger partial charge in [0, 0.05) is 12.3 Å². The van der Waals surface area contributed by atoms with E-state index >= 15 is 0 Å². The lowest BCUT2D eigenvalue weighted by atomic mass is 9.46. The highest BCUT2D eigenvalue weighted by molar-refractivity contribution is 5.27. The van der Waals surface area contributed by atoms with Crippen LogP contribution in [0.3, 0.4) is 0 Å². The predicted octanol–water partition coefficient (Wildman–Crippen LogP) is -0.936. The van der Waals surface area contributed by atoms with Crippen molar-refractivity contribution in [2.75, 3.05) is 13.2 Å². The summed E-state index contributed by atoms with van der Waals surface area (Å²) < 4.78 is 61.9. The summed E-state index contributed by atoms with van der Waals surface area (Å²) in [5, 5.41) is 121. The van der Waals surface area contributed by atoms with Gasteiger partial charge in [0.2, 0.25) is 0 Å². The third-order valence-electron chi connectivity index (χ3n) is 19.7. The summed E-state index contributed by atoms with van der Waals surface area (Å²) in [5.41, 5.74) is 0.923. The van der Waals surface area contributed by atoms with Gasteiger partial charge in [0.05, 0.1) is 49.8 Å². The first kappa shape index (κ1) is 54.3. The molecule has 10 rings (SSSR count). The molecule has 0 amide bonds. The molecule has 32 atom stereocenters. The molecule has 21 heteroatoms. The molecule has 4 aliphatic carbocycles. The molecule has 6 heterocycles. The second-order valence-electron chi connectivity index (χ2n) is 24.0. The summed E-state index contributed by atoms with van der Waals surface area (Å²) in [4.78, 5) is 0. The highest BCUT2D eigenvalue weighted by Gasteiger charge is 2.69. The van der Waals surface area contributed by atoms with Crippen LogP contribution in [0.5, 0.6) is 0 Å². The minimum absolute atomic E-state index is 0.100. The van der Waals surface area contributed by atoms with Crippen molar-refractivity contribution in [3.63, 3.8) is 0 Å². The molecule has 9 fully saturated rings. The van der Waals surface area contributed by atoms with Crippen LogP contribution in [-0.2, 0) is 47.4 Å². The summed E-state index contributed by atoms with van der Waals surface area (Å²) in [6.45, 7) is 13.7. The smallest absolute Gasteiger partial charge is 0.187 e. The van der Waals surface area contributed by atoms with E-state index in [4.69, 9.17) is 47.4 Å². The number of aliphatic hydroxyl groups excluding tert-OH is 11. The van der Waals surface area contributed by atoms with Crippen LogP contribution in [0.4, 0.5) is 0 Å². The number of hydrogen-bond acceptors (Lipinski definition) is 21. The summed E-state index contributed by atoms with van der Waals surface area (Å²) in [5.74, 6) is 1.91. The van der Waals surface area contributed by atoms with E-state index < -0.39 is 147 Å². The molecule has 0 aromatic heterocycles. The van der Waals surface area contributed by atoms with E-state index in [1.165, 1.54) is 20.8 Å². The molecule has 0 bridgehead atoms. The number of fused-ring (bicyclic) bond motifs is 7. The van der Waals surface area contributed by atoms with E-state index in [-0.39, 0.29) is 16.9 Å². The van der Waals surface area contributed by atoms with Crippen LogP contribution in [0.2, 0.25) is 0 Å². The normalized spacial score (nSPS) is 58.8. The van der Waals surface area contributed by atoms with Gasteiger partial charge in [-0.1, -0.05) is 39.3 Å². The van der Waals surface area contributed by atoms with E-state index in [0.29, 0.717) is 48.3 Å². The zero-order chi connectivity index (χ0) is 51.7. The lowest BCUT2D eigenvalue weighted by molar-refractivity contribution is -0.395. The molecular weight excluding hydrogens is 949 g/mol. The van der Waals surface area contributed by atoms with E-state index in [1.54, 1.807) is 0 Å². The zero-order valence-electron chi connectivity index (χ0n) is 42.4. The Kier molecular flexibility index (Phi) is 15.3. The Morgan fingerprint density at radius 2 is 1.21 bits per heavy atom. The Morgan fingerprint density at radius 1 is 0.611 bits per heavy atom. The largest absolute Gasteiger partial charge is 0.394 e. The van der Waals surface area contributed by atoms with Gasteiger partial charge >= 0.3 is 0 Å². The lowest BCUT2D eigenvalue weighted by Crippen LogP contribution is -2.67. The van der Waals surface area contributed by atoms with Crippen molar-refractivity contribution in [1.29, 1.82) is 0 Å². The van der Waals surface area contributed by atoms with Crippen molar-refractivity contribution >= 4 is 0 Å². The van der Waals surface area contributed by atoms with Gasteiger partial charge in [-0.05, 0) is 106 Å². The fourth-order valence-corrected chi connectivity index (χ4v) is 15.5. The fraction of sp³-hybridized carbons (Fsp3) is 0.961. The Bertz CT molecular complexity index is 1920. The molecular formula is C51H82O21. The SMILES string of the molecule is C[C@@H]1CC[C@@]2(OC1)O[C@@H]1C[C@H]3[C@@H]4CC=C5C[C@H](O[C@H]6O[C@@H](CO)[C@H](O[C@H]7O[C@@H](C)[C@H](O[C@H]8O[C@@H](C)[C@H](O)[C@@H](O)[C@@H]8O)[C@@H](O)[C@@H]7O)[C@@H](O)[C@@H]6O[C@H]6O[C@@H](C)[C@H](O)[C@@H](O)[C@@H]6O)[C@@H](O)C[C@@]5(C)[C@H]4CC[C@@]3(C)[C@@H]1[C@H]2C. The molecule has 11 N–H and O–H groups in total. The van der Waals surface area contributed by atoms with Crippen LogP contribution in [0.25, 0.3) is 0 Å². The average Bonchev–Trinajstić information content (AvgIpc) is 3.79. The van der Waals surface area contributed by atoms with Crippen molar-refractivity contribution in [2.45, 2.75) is 247 Å². The predicted molar refractivity (Wildman–Crippen MR) is 245 cm³/mol. The van der Waals surface area contributed by atoms with Gasteiger partial charge in [-0.3, -0.25) is 0 Å². The van der Waals surface area contributed by atoms with Crippen LogP contribution in [0.1, 0.15) is 99.8 Å². The van der Waals surface area contributed by atoms with Crippen LogP contribution in [0.15, 0.2) is 11.6 Å². The Labute approximate surface area is 420 Å². The molecule has 412 valence electrons. The minimum Gasteiger partial charge on any atom is -0.394 e. The van der Waals surface area contributed by atoms with Crippen LogP contribution >= 0.6 is 0 Å². The monoisotopic (exact) mass is 1030 g/mol. The topological polar surface area (TPSA) is 315 Å². The molecule has 3 saturated carbocycles. The lowest BCUT2D eigenvalue weighted by Gasteiger charge is -2.59. The molecule has 6 aliphatic heterocycles. The maximum Gasteiger partial charge on any atom is 0.187 e. The van der Waals surface area contributed by atoms with E-state index in [9.17, 15) is 56.2 Å². The van der Waals surface area contributed by atoms with Gasteiger partial charge in [-0.2, -0.15) is 0 Å². The Balaban J connectivity index is 0.849. The Hall–Kier alpha value is -1.10. The number of rotatable bonds is 9. The molecule has 6 saturated heterocycles. The summed E-state index contributed by atoms with van der Waals surface area (Å²) in [7, 11) is 0. The fourth-order valence-electron chi connectivity index (χ4n) is 15.5. The van der Waals surface area contributed by atoms with E-state index in [0.717, 1.165) is 50.7 Å². The molecule has 0 aromatic rings. The maximum atomic E-state index is 12.3. The average molecular weight is 1030 g/mol. The van der Waals surface area contributed by atoms with Crippen LogP contribution < -0.4 is 0 Å². The molecule has 0 unspecified atom stereocenters. The summed E-state index contributed by atoms with van der Waals surface area (Å²) in [6, 6.07) is 0. The van der Waals surface area contributed by atoms with Gasteiger partial charge in [0.25, 0.3) is 0 Å². The third-order valence-corrected chi connectivity index (χ3v) is 19.7. The van der Waals surface area contributed by atoms with Crippen molar-refractivity contribution in [3.8, 4) is 0 Å². The standard InChI is InChI=1S/C51H82O21/c1-19-10-13-51(63-18-19)20(2)32-30(72-51)15-27-25-9-8-24-14-29(28(53)16-50(24,7)26(25)11-12-49(27,32)6)67-48-44(71-46-39(60)36(57)34(55)22(4)65-46)41(62)43(31(17-52)68-48)70-47-40(61)37(58)42(23(5)66-47)69-45-38(59)35(56)33(54)21(3)64-45/h8,19-23,25-48,52-62H,9-18H2,1-7H3/t19-,20-,21+,22+,23+,25-,26+,27+,28+,29+,30-,31+,32-,33+,34+,35-,36-,37+,38+,39+,40+,41-,42+,43+,44+,45-,46-,47-,48+,49-,50-,51-/m1/s1. The van der Waals surface area contributed by atoms with Gasteiger partial charge in [0.1, 0.15) is 79.4 Å². The number of allylic oxidation sites excluding steroid dienone is 1. The van der Waals surface area contributed by atoms with Gasteiger partial charge in [0.15, 0.2) is 30.9 Å². The number of aliphatic hydroxyl groups is 11. The first-order chi connectivity index (χ1) is 34.0. The quantitative estimate of drug-likeness (QED) is 0.124. The van der Waals surface area contributed by atoms with Crippen molar-refractivity contribution in [2.24, 2.45) is 46.3 Å². The van der Waals surface area contributed by atoms with Gasteiger partial charge in [-0.25, -0.2) is 0 Å². The van der Waals surface area contributed by atoms with Crippen LogP contribution in [-0.4, -0.2) is 216 Å². The molecule has 10 aliphatic rings. The van der Waals surface area contributed by atoms with Crippen molar-refractivity contribution in [3.05, 3.63) is 11.6 Å². The second-order valence-corrected chi connectivity index (χ2v) is 24.0. The van der Waals surface area contributed by atoms with Gasteiger partial charge in [-0.15, -0.1) is 0 Å². The molecule has 72 heavy (non-hydrogen) atoms. The van der Waals surface area contributed by atoms with Gasteiger partial charge < -0.3 is 104 Å².